The van der Waals surface area contributed by atoms with E-state index in [1.807, 2.05) is 27.7 Å². The topological polar surface area (TPSA) is 26.0 Å². The van der Waals surface area contributed by atoms with E-state index in [1.165, 1.54) is 17.2 Å². The Labute approximate surface area is 124 Å². The number of hydrogen-bond acceptors (Lipinski definition) is 1. The highest BCUT2D eigenvalue weighted by atomic mass is 19.2. The van der Waals surface area contributed by atoms with Crippen molar-refractivity contribution in [3.63, 3.8) is 0 Å². The van der Waals surface area contributed by atoms with Gasteiger partial charge in [-0.25, -0.2) is 8.78 Å². The summed E-state index contributed by atoms with van der Waals surface area (Å²) in [4.78, 5) is 0. The lowest BCUT2D eigenvalue weighted by molar-refractivity contribution is 0.494. The van der Waals surface area contributed by atoms with Crippen LogP contribution >= 0.6 is 0 Å². The van der Waals surface area contributed by atoms with Crippen molar-refractivity contribution in [1.82, 2.24) is 0 Å². The second-order valence-corrected chi connectivity index (χ2v) is 5.70. The van der Waals surface area contributed by atoms with E-state index in [4.69, 9.17) is 5.73 Å². The average Bonchev–Trinajstić information content (AvgIpc) is 2.42. The van der Waals surface area contributed by atoms with Crippen LogP contribution in [-0.4, -0.2) is 0 Å². The Morgan fingerprint density at radius 1 is 1.00 bits per heavy atom. The van der Waals surface area contributed by atoms with Gasteiger partial charge in [0.05, 0.1) is 0 Å². The molecule has 0 heterocycles. The molecule has 0 radical (unpaired) electrons. The molecule has 0 aliphatic carbocycles. The second kappa shape index (κ2) is 5.94. The predicted octanol–water partition coefficient (Wildman–Crippen LogP) is 4.44. The molecule has 1 nitrogen and oxygen atoms in total. The molecule has 0 amide bonds. The van der Waals surface area contributed by atoms with Gasteiger partial charge < -0.3 is 5.73 Å². The Hall–Kier alpha value is -1.74. The molecule has 0 aliphatic heterocycles. The Bertz CT molecular complexity index is 651. The molecule has 0 fully saturated rings. The number of hydrogen-bond donors (Lipinski definition) is 1. The first-order valence-corrected chi connectivity index (χ1v) is 7.08. The molecular weight excluding hydrogens is 268 g/mol. The quantitative estimate of drug-likeness (QED) is 0.888. The molecule has 0 spiro atoms. The van der Waals surface area contributed by atoms with Crippen molar-refractivity contribution in [3.8, 4) is 0 Å². The molecule has 2 aromatic rings. The van der Waals surface area contributed by atoms with E-state index < -0.39 is 11.6 Å². The van der Waals surface area contributed by atoms with Crippen molar-refractivity contribution >= 4 is 0 Å². The van der Waals surface area contributed by atoms with Crippen molar-refractivity contribution in [3.05, 3.63) is 69.3 Å². The number of aryl methyl sites for hydroxylation is 2. The summed E-state index contributed by atoms with van der Waals surface area (Å²) in [5.41, 5.74) is 12.2. The van der Waals surface area contributed by atoms with Gasteiger partial charge in [0.15, 0.2) is 11.6 Å². The fourth-order valence-corrected chi connectivity index (χ4v) is 2.85. The van der Waals surface area contributed by atoms with Crippen molar-refractivity contribution in [2.45, 2.75) is 40.2 Å². The van der Waals surface area contributed by atoms with E-state index in [2.05, 4.69) is 6.07 Å². The normalized spacial score (nSPS) is 12.5. The monoisotopic (exact) mass is 289 g/mol. The van der Waals surface area contributed by atoms with Gasteiger partial charge in [0, 0.05) is 6.04 Å². The Kier molecular flexibility index (Phi) is 4.43. The van der Waals surface area contributed by atoms with Crippen molar-refractivity contribution in [1.29, 1.82) is 0 Å². The van der Waals surface area contributed by atoms with Crippen molar-refractivity contribution < 1.29 is 8.78 Å². The summed E-state index contributed by atoms with van der Waals surface area (Å²) >= 11 is 0. The number of halogens is 2. The molecule has 2 aromatic carbocycles. The zero-order valence-corrected chi connectivity index (χ0v) is 12.9. The van der Waals surface area contributed by atoms with Crippen LogP contribution in [0.4, 0.5) is 8.78 Å². The number of benzene rings is 2. The minimum atomic E-state index is -0.825. The molecule has 2 rings (SSSR count). The molecule has 0 aromatic heterocycles. The lowest BCUT2D eigenvalue weighted by Crippen LogP contribution is -2.18. The van der Waals surface area contributed by atoms with Gasteiger partial charge in [-0.05, 0) is 73.6 Å². The summed E-state index contributed by atoms with van der Waals surface area (Å²) in [7, 11) is 0. The standard InChI is InChI=1S/C18H21F2N/c1-10-8-11(2)13(4)17(12(10)3)16(21)9-14-6-5-7-15(19)18(14)20/h5-8,16H,9,21H2,1-4H3. The van der Waals surface area contributed by atoms with Gasteiger partial charge in [-0.2, -0.15) is 0 Å². The first-order chi connectivity index (χ1) is 9.82. The zero-order chi connectivity index (χ0) is 15.7. The zero-order valence-electron chi connectivity index (χ0n) is 12.9. The molecule has 0 saturated heterocycles. The third-order valence-corrected chi connectivity index (χ3v) is 4.27. The Balaban J connectivity index is 2.42. The van der Waals surface area contributed by atoms with Gasteiger partial charge in [0.1, 0.15) is 0 Å². The van der Waals surface area contributed by atoms with E-state index in [0.29, 0.717) is 5.56 Å². The van der Waals surface area contributed by atoms with Crippen LogP contribution in [0.3, 0.4) is 0 Å². The molecule has 21 heavy (non-hydrogen) atoms. The van der Waals surface area contributed by atoms with Crippen LogP contribution < -0.4 is 5.73 Å². The summed E-state index contributed by atoms with van der Waals surface area (Å²) < 4.78 is 27.1. The van der Waals surface area contributed by atoms with E-state index in [0.717, 1.165) is 22.8 Å². The van der Waals surface area contributed by atoms with Crippen LogP contribution in [0.25, 0.3) is 0 Å². The van der Waals surface area contributed by atoms with Gasteiger partial charge in [0.25, 0.3) is 0 Å². The summed E-state index contributed by atoms with van der Waals surface area (Å²) in [6.45, 7) is 8.14. The van der Waals surface area contributed by atoms with Crippen LogP contribution in [-0.2, 0) is 6.42 Å². The molecular formula is C18H21F2N. The van der Waals surface area contributed by atoms with Gasteiger partial charge >= 0.3 is 0 Å². The van der Waals surface area contributed by atoms with Crippen LogP contribution in [0.2, 0.25) is 0 Å². The molecule has 0 aliphatic rings. The van der Waals surface area contributed by atoms with Crippen LogP contribution in [0, 0.1) is 39.3 Å². The van der Waals surface area contributed by atoms with Gasteiger partial charge in [-0.1, -0.05) is 18.2 Å². The first-order valence-electron chi connectivity index (χ1n) is 7.08. The fraction of sp³-hybridized carbons (Fsp3) is 0.333. The molecule has 3 heteroatoms. The lowest BCUT2D eigenvalue weighted by Gasteiger charge is -2.21. The van der Waals surface area contributed by atoms with E-state index in [-0.39, 0.29) is 12.5 Å². The second-order valence-electron chi connectivity index (χ2n) is 5.70. The van der Waals surface area contributed by atoms with Gasteiger partial charge in [-0.3, -0.25) is 0 Å². The van der Waals surface area contributed by atoms with Crippen molar-refractivity contribution in [2.24, 2.45) is 5.73 Å². The minimum absolute atomic E-state index is 0.286. The SMILES string of the molecule is Cc1cc(C)c(C)c(C(N)Cc2cccc(F)c2F)c1C. The van der Waals surface area contributed by atoms with E-state index in [9.17, 15) is 8.78 Å². The third kappa shape index (κ3) is 2.98. The molecule has 2 N–H and O–H groups in total. The van der Waals surface area contributed by atoms with Crippen LogP contribution in [0.5, 0.6) is 0 Å². The highest BCUT2D eigenvalue weighted by molar-refractivity contribution is 5.46. The molecule has 1 atom stereocenters. The number of nitrogens with two attached hydrogens (primary N) is 1. The Morgan fingerprint density at radius 2 is 1.57 bits per heavy atom. The maximum atomic E-state index is 13.8. The van der Waals surface area contributed by atoms with Crippen LogP contribution in [0.15, 0.2) is 24.3 Å². The first kappa shape index (κ1) is 15.6. The van der Waals surface area contributed by atoms with E-state index in [1.54, 1.807) is 6.07 Å². The predicted molar refractivity (Wildman–Crippen MR) is 82.4 cm³/mol. The Morgan fingerprint density at radius 3 is 2.14 bits per heavy atom. The number of rotatable bonds is 3. The van der Waals surface area contributed by atoms with Gasteiger partial charge in [-0.15, -0.1) is 0 Å². The molecule has 0 saturated carbocycles. The minimum Gasteiger partial charge on any atom is -0.324 e. The lowest BCUT2D eigenvalue weighted by atomic mass is 9.87. The average molecular weight is 289 g/mol. The maximum Gasteiger partial charge on any atom is 0.162 e. The summed E-state index contributed by atoms with van der Waals surface area (Å²) in [5.74, 6) is -1.62. The highest BCUT2D eigenvalue weighted by Crippen LogP contribution is 2.29. The molecule has 112 valence electrons. The maximum absolute atomic E-state index is 13.8. The smallest absolute Gasteiger partial charge is 0.162 e. The largest absolute Gasteiger partial charge is 0.324 e. The van der Waals surface area contributed by atoms with Crippen molar-refractivity contribution in [2.75, 3.05) is 0 Å². The van der Waals surface area contributed by atoms with Crippen LogP contribution in [0.1, 0.15) is 39.4 Å². The highest BCUT2D eigenvalue weighted by Gasteiger charge is 2.18. The summed E-state index contributed by atoms with van der Waals surface area (Å²) in [6, 6.07) is 6.01. The van der Waals surface area contributed by atoms with E-state index >= 15 is 0 Å². The molecule has 1 unspecified atom stereocenters. The molecule has 0 bridgehead atoms. The fourth-order valence-electron chi connectivity index (χ4n) is 2.85. The summed E-state index contributed by atoms with van der Waals surface area (Å²) in [5, 5.41) is 0. The summed E-state index contributed by atoms with van der Waals surface area (Å²) in [6.07, 6.45) is 0.286. The van der Waals surface area contributed by atoms with Gasteiger partial charge in [0.2, 0.25) is 0 Å². The third-order valence-electron chi connectivity index (χ3n) is 4.27.